The molecule has 9 heteroatoms. The molecule has 1 spiro atoms. The third-order valence-electron chi connectivity index (χ3n) is 9.73. The van der Waals surface area contributed by atoms with Crippen LogP contribution in [0.2, 0.25) is 10.0 Å². The Hall–Kier alpha value is -2.87. The molecule has 3 heterocycles. The number of ether oxygens (including phenoxy) is 1. The van der Waals surface area contributed by atoms with Crippen LogP contribution in [0.5, 0.6) is 0 Å². The lowest BCUT2D eigenvalue weighted by atomic mass is 9.73. The summed E-state index contributed by atoms with van der Waals surface area (Å²) in [5, 5.41) is 6.96. The van der Waals surface area contributed by atoms with Crippen LogP contribution in [0.4, 0.5) is 5.69 Å². The highest BCUT2D eigenvalue weighted by atomic mass is 35.5. The van der Waals surface area contributed by atoms with Crippen molar-refractivity contribution in [2.45, 2.75) is 69.9 Å². The van der Waals surface area contributed by atoms with E-state index in [9.17, 15) is 14.4 Å². The van der Waals surface area contributed by atoms with Gasteiger partial charge in [0.1, 0.15) is 11.6 Å². The van der Waals surface area contributed by atoms with Gasteiger partial charge in [0.2, 0.25) is 17.7 Å². The molecule has 0 radical (unpaired) electrons. The van der Waals surface area contributed by atoms with E-state index in [0.29, 0.717) is 27.6 Å². The molecule has 4 aliphatic rings. The van der Waals surface area contributed by atoms with Gasteiger partial charge >= 0.3 is 0 Å². The number of halogens is 2. The van der Waals surface area contributed by atoms with Gasteiger partial charge in [0, 0.05) is 21.8 Å². The minimum atomic E-state index is -1.24. The number of rotatable bonds is 6. The van der Waals surface area contributed by atoms with Gasteiger partial charge in [0.15, 0.2) is 0 Å². The van der Waals surface area contributed by atoms with Crippen LogP contribution in [-0.4, -0.2) is 46.4 Å². The largest absolute Gasteiger partial charge is 0.359 e. The maximum atomic E-state index is 14.4. The average Bonchev–Trinajstić information content (AvgIpc) is 3.58. The molecule has 3 amide bonds. The van der Waals surface area contributed by atoms with E-state index < -0.39 is 35.6 Å². The first kappa shape index (κ1) is 28.3. The summed E-state index contributed by atoms with van der Waals surface area (Å²) in [6, 6.07) is 13.1. The summed E-state index contributed by atoms with van der Waals surface area (Å²) in [6.07, 6.45) is 6.12. The van der Waals surface area contributed by atoms with Crippen LogP contribution < -0.4 is 10.6 Å². The lowest BCUT2D eigenvalue weighted by Crippen LogP contribution is -2.58. The van der Waals surface area contributed by atoms with E-state index in [-0.39, 0.29) is 23.8 Å². The maximum absolute atomic E-state index is 14.4. The monoisotopic (exact) mass is 595 g/mol. The molecule has 216 valence electrons. The number of fused-ring (bicyclic) bond motifs is 1. The van der Waals surface area contributed by atoms with Crippen molar-refractivity contribution in [1.29, 1.82) is 0 Å². The number of benzene rings is 2. The second kappa shape index (κ2) is 10.8. The van der Waals surface area contributed by atoms with Gasteiger partial charge < -0.3 is 20.3 Å². The summed E-state index contributed by atoms with van der Waals surface area (Å²) in [5.41, 5.74) is 0.0950. The third kappa shape index (κ3) is 4.76. The van der Waals surface area contributed by atoms with Gasteiger partial charge in [0.25, 0.3) is 0 Å². The van der Waals surface area contributed by atoms with E-state index in [0.717, 1.165) is 24.8 Å². The summed E-state index contributed by atoms with van der Waals surface area (Å²) in [4.78, 5) is 44.1. The Bertz CT molecular complexity index is 1380. The molecule has 0 aromatic heterocycles. The lowest BCUT2D eigenvalue weighted by molar-refractivity contribution is -0.144. The van der Waals surface area contributed by atoms with E-state index in [4.69, 9.17) is 27.9 Å². The molecule has 2 N–H and O–H groups in total. The number of nitrogens with one attached hydrogen (secondary N) is 2. The smallest absolute Gasteiger partial charge is 0.246 e. The van der Waals surface area contributed by atoms with Crippen LogP contribution in [0, 0.1) is 23.7 Å². The standard InChI is InChI=1S/C32H35Cl2N3O4/c1-17-8-7-11-24(18(17)2)36-30(39)28-32-13-12-25(41-32)26(29(38)35-23-15-21(33)14-22(34)16-23)27(32)31(40)37(28)19(3)20-9-5-4-6-10-20/h4-6,9-10,12-19,24-28H,7-8,11H2,1-3H3,(H,35,38)(H,36,39)/t17-,18+,19-,24+,25+,26+,27+,28+,32+/m1/s1. The molecule has 3 aliphatic heterocycles. The molecule has 1 aliphatic carbocycles. The third-order valence-corrected chi connectivity index (χ3v) is 10.2. The predicted molar refractivity (Wildman–Crippen MR) is 158 cm³/mol. The van der Waals surface area contributed by atoms with E-state index >= 15 is 0 Å². The van der Waals surface area contributed by atoms with Crippen molar-refractivity contribution in [3.8, 4) is 0 Å². The van der Waals surface area contributed by atoms with Gasteiger partial charge in [-0.3, -0.25) is 14.4 Å². The van der Waals surface area contributed by atoms with Gasteiger partial charge in [-0.2, -0.15) is 0 Å². The zero-order chi connectivity index (χ0) is 29.1. The molecular formula is C32H35Cl2N3O4. The van der Waals surface area contributed by atoms with Gasteiger partial charge in [-0.1, -0.05) is 92.4 Å². The Morgan fingerprint density at radius 3 is 2.46 bits per heavy atom. The summed E-state index contributed by atoms with van der Waals surface area (Å²) in [6.45, 7) is 6.33. The molecule has 2 saturated heterocycles. The SMILES string of the molecule is C[C@H]1[C@H](C)CCC[C@@H]1NC(=O)[C@@H]1N([C@H](C)c2ccccc2)C(=O)[C@@H]2[C@@H](C(=O)Nc3cc(Cl)cc(Cl)c3)[C@@H]3C=C[C@]21O3. The lowest BCUT2D eigenvalue weighted by Gasteiger charge is -2.39. The fourth-order valence-corrected chi connectivity index (χ4v) is 7.94. The average molecular weight is 597 g/mol. The Kier molecular flexibility index (Phi) is 7.41. The highest BCUT2D eigenvalue weighted by molar-refractivity contribution is 6.35. The number of carbonyl (C=O) groups excluding carboxylic acids is 3. The first-order valence-corrected chi connectivity index (χ1v) is 15.2. The fraction of sp³-hybridized carbons (Fsp3) is 0.469. The van der Waals surface area contributed by atoms with Crippen molar-refractivity contribution in [1.82, 2.24) is 10.2 Å². The van der Waals surface area contributed by atoms with Crippen LogP contribution in [-0.2, 0) is 19.1 Å². The number of anilines is 1. The first-order chi connectivity index (χ1) is 19.6. The summed E-state index contributed by atoms with van der Waals surface area (Å²) in [5.74, 6) is -1.72. The van der Waals surface area contributed by atoms with Gasteiger partial charge in [-0.25, -0.2) is 0 Å². The highest BCUT2D eigenvalue weighted by Gasteiger charge is 2.73. The normalized spacial score (nSPS) is 34.4. The van der Waals surface area contributed by atoms with Crippen molar-refractivity contribution in [3.05, 3.63) is 76.3 Å². The van der Waals surface area contributed by atoms with Crippen LogP contribution >= 0.6 is 23.2 Å². The fourth-order valence-electron chi connectivity index (χ4n) is 7.41. The molecule has 41 heavy (non-hydrogen) atoms. The summed E-state index contributed by atoms with van der Waals surface area (Å²) < 4.78 is 6.51. The summed E-state index contributed by atoms with van der Waals surface area (Å²) in [7, 11) is 0. The Morgan fingerprint density at radius 1 is 1.05 bits per heavy atom. The van der Waals surface area contributed by atoms with Crippen molar-refractivity contribution in [2.24, 2.45) is 23.7 Å². The molecule has 9 atom stereocenters. The van der Waals surface area contributed by atoms with Gasteiger partial charge in [-0.05, 0) is 48.9 Å². The quantitative estimate of drug-likeness (QED) is 0.414. The van der Waals surface area contributed by atoms with Crippen molar-refractivity contribution in [3.63, 3.8) is 0 Å². The number of hydrogen-bond acceptors (Lipinski definition) is 4. The molecule has 1 saturated carbocycles. The van der Waals surface area contributed by atoms with E-state index in [1.54, 1.807) is 23.1 Å². The van der Waals surface area contributed by atoms with E-state index in [2.05, 4.69) is 24.5 Å². The van der Waals surface area contributed by atoms with E-state index in [1.165, 1.54) is 0 Å². The molecule has 0 unspecified atom stereocenters. The number of hydrogen-bond donors (Lipinski definition) is 2. The maximum Gasteiger partial charge on any atom is 0.246 e. The highest BCUT2D eigenvalue weighted by Crippen LogP contribution is 2.57. The van der Waals surface area contributed by atoms with Crippen LogP contribution in [0.15, 0.2) is 60.7 Å². The van der Waals surface area contributed by atoms with Crippen LogP contribution in [0.25, 0.3) is 0 Å². The topological polar surface area (TPSA) is 87.7 Å². The Balaban J connectivity index is 1.35. The first-order valence-electron chi connectivity index (χ1n) is 14.4. The Morgan fingerprint density at radius 2 is 1.76 bits per heavy atom. The number of likely N-dealkylation sites (tertiary alicyclic amines) is 1. The molecule has 6 rings (SSSR count). The number of nitrogens with zero attached hydrogens (tertiary/aromatic N) is 1. The second-order valence-electron chi connectivity index (χ2n) is 12.1. The van der Waals surface area contributed by atoms with Crippen LogP contribution in [0.1, 0.15) is 51.6 Å². The molecule has 2 aromatic rings. The van der Waals surface area contributed by atoms with Crippen LogP contribution in [0.3, 0.4) is 0 Å². The summed E-state index contributed by atoms with van der Waals surface area (Å²) >= 11 is 12.3. The molecule has 3 fully saturated rings. The van der Waals surface area contributed by atoms with Gasteiger partial charge in [-0.15, -0.1) is 0 Å². The minimum Gasteiger partial charge on any atom is -0.359 e. The zero-order valence-electron chi connectivity index (χ0n) is 23.3. The molecular weight excluding hydrogens is 561 g/mol. The number of amides is 3. The molecule has 2 aromatic carbocycles. The van der Waals surface area contributed by atoms with Crippen molar-refractivity contribution >= 4 is 46.6 Å². The molecule has 7 nitrogen and oxygen atoms in total. The minimum absolute atomic E-state index is 0.0138. The Labute approximate surface area is 250 Å². The zero-order valence-corrected chi connectivity index (χ0v) is 24.9. The number of carbonyl (C=O) groups is 3. The second-order valence-corrected chi connectivity index (χ2v) is 12.9. The molecule has 2 bridgehead atoms. The predicted octanol–water partition coefficient (Wildman–Crippen LogP) is 5.78. The van der Waals surface area contributed by atoms with Gasteiger partial charge in [0.05, 0.1) is 24.0 Å². The van der Waals surface area contributed by atoms with E-state index in [1.807, 2.05) is 49.4 Å². The van der Waals surface area contributed by atoms with Crippen molar-refractivity contribution in [2.75, 3.05) is 5.32 Å². The van der Waals surface area contributed by atoms with Crippen molar-refractivity contribution < 1.29 is 19.1 Å².